The van der Waals surface area contributed by atoms with Crippen LogP contribution < -0.4 is 4.90 Å². The highest BCUT2D eigenvalue weighted by Gasteiger charge is 2.36. The van der Waals surface area contributed by atoms with Gasteiger partial charge in [-0.05, 0) is 52.1 Å². The van der Waals surface area contributed by atoms with Crippen molar-refractivity contribution in [3.63, 3.8) is 0 Å². The Morgan fingerprint density at radius 1 is 0.457 bits per heavy atom. The molecular weight excluding hydrogens is 422 g/mol. The van der Waals surface area contributed by atoms with Crippen LogP contribution in [0.15, 0.2) is 133 Å². The third-order valence-electron chi connectivity index (χ3n) is 7.18. The first-order chi connectivity index (χ1) is 17.1. The predicted octanol–water partition coefficient (Wildman–Crippen LogP) is 8.81. The number of rotatable bonds is 4. The molecule has 1 radical (unpaired) electrons. The van der Waals surface area contributed by atoms with Crippen molar-refractivity contribution in [2.75, 3.05) is 4.90 Å². The SMILES string of the molecule is CC1(C)c2ccccc2N(c2ccc([C](c3ccccc3)c3ccccc3)cc2)c2ccccc21. The highest BCUT2D eigenvalue weighted by atomic mass is 15.2. The summed E-state index contributed by atoms with van der Waals surface area (Å²) >= 11 is 0. The molecule has 1 aliphatic heterocycles. The van der Waals surface area contributed by atoms with E-state index in [2.05, 4.69) is 152 Å². The van der Waals surface area contributed by atoms with Gasteiger partial charge in [0.1, 0.15) is 0 Å². The topological polar surface area (TPSA) is 3.24 Å². The lowest BCUT2D eigenvalue weighted by Gasteiger charge is -2.42. The Morgan fingerprint density at radius 2 is 0.857 bits per heavy atom. The fourth-order valence-corrected chi connectivity index (χ4v) is 5.43. The fraction of sp³-hybridized carbons (Fsp3) is 0.0882. The van der Waals surface area contributed by atoms with Gasteiger partial charge in [0.05, 0.1) is 17.3 Å². The zero-order chi connectivity index (χ0) is 23.8. The quantitative estimate of drug-likeness (QED) is 0.247. The molecule has 0 atom stereocenters. The van der Waals surface area contributed by atoms with E-state index in [0.29, 0.717) is 0 Å². The maximum absolute atomic E-state index is 2.41. The van der Waals surface area contributed by atoms with E-state index < -0.39 is 0 Å². The zero-order valence-corrected chi connectivity index (χ0v) is 20.1. The van der Waals surface area contributed by atoms with Gasteiger partial charge in [0.25, 0.3) is 0 Å². The Morgan fingerprint density at radius 3 is 1.34 bits per heavy atom. The van der Waals surface area contributed by atoms with Crippen molar-refractivity contribution < 1.29 is 0 Å². The molecule has 0 aromatic heterocycles. The molecule has 0 amide bonds. The van der Waals surface area contributed by atoms with Crippen LogP contribution in [0.3, 0.4) is 0 Å². The third-order valence-corrected chi connectivity index (χ3v) is 7.18. The molecule has 0 saturated carbocycles. The Labute approximate surface area is 208 Å². The van der Waals surface area contributed by atoms with Crippen molar-refractivity contribution >= 4 is 17.1 Å². The molecule has 0 spiro atoms. The van der Waals surface area contributed by atoms with Gasteiger partial charge in [0.2, 0.25) is 0 Å². The Hall–Kier alpha value is -4.10. The normalized spacial score (nSPS) is 13.9. The van der Waals surface area contributed by atoms with E-state index in [1.54, 1.807) is 0 Å². The molecule has 5 aromatic carbocycles. The van der Waals surface area contributed by atoms with Crippen LogP contribution in [0.5, 0.6) is 0 Å². The van der Waals surface area contributed by atoms with E-state index in [1.165, 1.54) is 50.8 Å². The lowest BCUT2D eigenvalue weighted by molar-refractivity contribution is 0.632. The number of fused-ring (bicyclic) bond motifs is 2. The molecular formula is C34H28N. The van der Waals surface area contributed by atoms with Crippen LogP contribution in [0, 0.1) is 5.92 Å². The molecule has 0 saturated heterocycles. The van der Waals surface area contributed by atoms with Gasteiger partial charge in [-0.15, -0.1) is 0 Å². The summed E-state index contributed by atoms with van der Waals surface area (Å²) in [5, 5.41) is 0. The molecule has 1 nitrogen and oxygen atoms in total. The van der Waals surface area contributed by atoms with Crippen molar-refractivity contribution in [1.29, 1.82) is 0 Å². The maximum Gasteiger partial charge on any atom is 0.0629 e. The number of nitrogens with zero attached hydrogens (tertiary/aromatic N) is 1. The predicted molar refractivity (Wildman–Crippen MR) is 147 cm³/mol. The summed E-state index contributed by atoms with van der Waals surface area (Å²) in [5.41, 5.74) is 9.98. The minimum atomic E-state index is -0.0504. The second-order valence-electron chi connectivity index (χ2n) is 9.65. The van der Waals surface area contributed by atoms with Gasteiger partial charge >= 0.3 is 0 Å². The second kappa shape index (κ2) is 8.60. The molecule has 35 heavy (non-hydrogen) atoms. The molecule has 6 rings (SSSR count). The number of anilines is 3. The first kappa shape index (κ1) is 21.4. The summed E-state index contributed by atoms with van der Waals surface area (Å²) in [6, 6.07) is 48.0. The van der Waals surface area contributed by atoms with Crippen LogP contribution in [-0.4, -0.2) is 0 Å². The Kier molecular flexibility index (Phi) is 5.26. The number of para-hydroxylation sites is 2. The van der Waals surface area contributed by atoms with Crippen molar-refractivity contribution in [2.24, 2.45) is 0 Å². The summed E-state index contributed by atoms with van der Waals surface area (Å²) in [4.78, 5) is 2.41. The van der Waals surface area contributed by atoms with Gasteiger partial charge in [-0.25, -0.2) is 0 Å². The average molecular weight is 451 g/mol. The summed E-state index contributed by atoms with van der Waals surface area (Å²) in [5.74, 6) is 1.25. The third kappa shape index (κ3) is 3.65. The minimum absolute atomic E-state index is 0.0504. The van der Waals surface area contributed by atoms with E-state index in [1.807, 2.05) is 0 Å². The molecule has 1 heteroatoms. The molecule has 0 fully saturated rings. The standard InChI is InChI=1S/C34H28N/c1-34(2)29-17-9-11-19-31(29)35(32-20-12-10-18-30(32)34)28-23-21-27(22-24-28)33(25-13-5-3-6-14-25)26-15-7-4-8-16-26/h3-24H,1-2H3. The number of hydrogen-bond acceptors (Lipinski definition) is 1. The van der Waals surface area contributed by atoms with Crippen LogP contribution >= 0.6 is 0 Å². The molecule has 1 aliphatic rings. The fourth-order valence-electron chi connectivity index (χ4n) is 5.43. The Balaban J connectivity index is 1.47. The van der Waals surface area contributed by atoms with Crippen molar-refractivity contribution in [3.8, 4) is 0 Å². The zero-order valence-electron chi connectivity index (χ0n) is 20.1. The van der Waals surface area contributed by atoms with Gasteiger partial charge in [0, 0.05) is 11.1 Å². The van der Waals surface area contributed by atoms with E-state index in [-0.39, 0.29) is 5.41 Å². The number of hydrogen-bond donors (Lipinski definition) is 0. The smallest absolute Gasteiger partial charge is 0.0629 e. The summed E-state index contributed by atoms with van der Waals surface area (Å²) < 4.78 is 0. The highest BCUT2D eigenvalue weighted by molar-refractivity contribution is 5.86. The van der Waals surface area contributed by atoms with Gasteiger partial charge in [-0.2, -0.15) is 0 Å². The first-order valence-electron chi connectivity index (χ1n) is 12.2. The lowest BCUT2D eigenvalue weighted by atomic mass is 9.73. The molecule has 0 N–H and O–H groups in total. The largest absolute Gasteiger partial charge is 0.310 e. The number of benzene rings is 5. The average Bonchev–Trinajstić information content (AvgIpc) is 2.91. The van der Waals surface area contributed by atoms with Crippen LogP contribution in [0.4, 0.5) is 17.1 Å². The maximum atomic E-state index is 2.41. The second-order valence-corrected chi connectivity index (χ2v) is 9.65. The van der Waals surface area contributed by atoms with Crippen LogP contribution in [0.25, 0.3) is 0 Å². The van der Waals surface area contributed by atoms with Crippen molar-refractivity contribution in [2.45, 2.75) is 19.3 Å². The summed E-state index contributed by atoms with van der Waals surface area (Å²) in [6.45, 7) is 4.65. The molecule has 169 valence electrons. The van der Waals surface area contributed by atoms with E-state index >= 15 is 0 Å². The minimum Gasteiger partial charge on any atom is -0.310 e. The van der Waals surface area contributed by atoms with Crippen molar-refractivity contribution in [1.82, 2.24) is 0 Å². The molecule has 0 bridgehead atoms. The van der Waals surface area contributed by atoms with Crippen molar-refractivity contribution in [3.05, 3.63) is 167 Å². The summed E-state index contributed by atoms with van der Waals surface area (Å²) in [6.07, 6.45) is 0. The molecule has 0 unspecified atom stereocenters. The van der Waals surface area contributed by atoms with E-state index in [4.69, 9.17) is 0 Å². The van der Waals surface area contributed by atoms with Gasteiger partial charge in [-0.3, -0.25) is 0 Å². The van der Waals surface area contributed by atoms with E-state index in [9.17, 15) is 0 Å². The molecule has 5 aromatic rings. The molecule has 0 aliphatic carbocycles. The van der Waals surface area contributed by atoms with E-state index in [0.717, 1.165) is 0 Å². The van der Waals surface area contributed by atoms with Gasteiger partial charge in [0.15, 0.2) is 0 Å². The highest BCUT2D eigenvalue weighted by Crippen LogP contribution is 2.51. The van der Waals surface area contributed by atoms with Crippen LogP contribution in [0.2, 0.25) is 0 Å². The van der Waals surface area contributed by atoms with Gasteiger partial charge in [-0.1, -0.05) is 123 Å². The first-order valence-corrected chi connectivity index (χ1v) is 12.2. The van der Waals surface area contributed by atoms with Gasteiger partial charge < -0.3 is 4.90 Å². The Bertz CT molecular complexity index is 1360. The summed E-state index contributed by atoms with van der Waals surface area (Å²) in [7, 11) is 0. The van der Waals surface area contributed by atoms with Crippen LogP contribution in [-0.2, 0) is 5.41 Å². The van der Waals surface area contributed by atoms with Crippen LogP contribution in [0.1, 0.15) is 41.7 Å². The monoisotopic (exact) mass is 450 g/mol. The molecule has 1 heterocycles. The lowest BCUT2D eigenvalue weighted by Crippen LogP contribution is -2.30.